The molecule has 0 fully saturated rings. The minimum atomic E-state index is -0.0661. The Kier molecular flexibility index (Phi) is 6.04. The molecule has 1 aromatic rings. The molecule has 0 aromatic carbocycles. The number of carbonyl (C=O) groups is 1. The highest BCUT2D eigenvalue weighted by molar-refractivity contribution is 7.18. The Labute approximate surface area is 118 Å². The SMILES string of the molecule is CCN(CC)c1nc(N)c(C(=O)N(C)CCNC)s1. The van der Waals surface area contributed by atoms with Crippen LogP contribution in [0.4, 0.5) is 10.9 Å². The molecule has 0 atom stereocenters. The van der Waals surface area contributed by atoms with Crippen molar-refractivity contribution in [3.05, 3.63) is 4.88 Å². The summed E-state index contributed by atoms with van der Waals surface area (Å²) in [6.07, 6.45) is 0. The number of likely N-dealkylation sites (N-methyl/N-ethyl adjacent to an activating group) is 2. The molecule has 108 valence electrons. The van der Waals surface area contributed by atoms with Gasteiger partial charge < -0.3 is 20.9 Å². The van der Waals surface area contributed by atoms with Crippen LogP contribution in [0, 0.1) is 0 Å². The summed E-state index contributed by atoms with van der Waals surface area (Å²) in [6, 6.07) is 0. The zero-order chi connectivity index (χ0) is 14.4. The van der Waals surface area contributed by atoms with Crippen LogP contribution in [-0.4, -0.2) is 56.1 Å². The van der Waals surface area contributed by atoms with Gasteiger partial charge in [0, 0.05) is 33.2 Å². The van der Waals surface area contributed by atoms with Crippen molar-refractivity contribution in [2.75, 3.05) is 50.9 Å². The zero-order valence-electron chi connectivity index (χ0n) is 12.1. The predicted molar refractivity (Wildman–Crippen MR) is 81.0 cm³/mol. The van der Waals surface area contributed by atoms with Gasteiger partial charge in [-0.2, -0.15) is 0 Å². The lowest BCUT2D eigenvalue weighted by Crippen LogP contribution is -2.32. The van der Waals surface area contributed by atoms with Crippen molar-refractivity contribution in [3.8, 4) is 0 Å². The van der Waals surface area contributed by atoms with Crippen molar-refractivity contribution < 1.29 is 4.79 Å². The number of nitrogens with zero attached hydrogens (tertiary/aromatic N) is 3. The Balaban J connectivity index is 2.86. The molecule has 0 aliphatic rings. The van der Waals surface area contributed by atoms with Crippen molar-refractivity contribution in [1.82, 2.24) is 15.2 Å². The molecule has 0 bridgehead atoms. The quantitative estimate of drug-likeness (QED) is 0.777. The minimum Gasteiger partial charge on any atom is -0.382 e. The van der Waals surface area contributed by atoms with Gasteiger partial charge in [0.05, 0.1) is 0 Å². The number of hydrogen-bond acceptors (Lipinski definition) is 6. The fourth-order valence-electron chi connectivity index (χ4n) is 1.66. The van der Waals surface area contributed by atoms with Crippen LogP contribution in [0.25, 0.3) is 0 Å². The molecule has 0 aliphatic carbocycles. The molecule has 19 heavy (non-hydrogen) atoms. The van der Waals surface area contributed by atoms with Crippen LogP contribution >= 0.6 is 11.3 Å². The van der Waals surface area contributed by atoms with Crippen molar-refractivity contribution in [2.24, 2.45) is 0 Å². The van der Waals surface area contributed by atoms with Crippen molar-refractivity contribution in [1.29, 1.82) is 0 Å². The van der Waals surface area contributed by atoms with E-state index in [0.717, 1.165) is 24.8 Å². The molecule has 1 amide bonds. The summed E-state index contributed by atoms with van der Waals surface area (Å²) in [7, 11) is 3.63. The fourth-order valence-corrected chi connectivity index (χ4v) is 2.76. The van der Waals surface area contributed by atoms with E-state index in [4.69, 9.17) is 5.73 Å². The first-order valence-electron chi connectivity index (χ1n) is 6.46. The van der Waals surface area contributed by atoms with E-state index in [-0.39, 0.29) is 5.91 Å². The van der Waals surface area contributed by atoms with E-state index in [1.807, 2.05) is 7.05 Å². The number of rotatable bonds is 7. The lowest BCUT2D eigenvalue weighted by atomic mass is 10.4. The summed E-state index contributed by atoms with van der Waals surface area (Å²) >= 11 is 1.36. The van der Waals surface area contributed by atoms with Gasteiger partial charge in [-0.3, -0.25) is 4.79 Å². The van der Waals surface area contributed by atoms with E-state index in [1.54, 1.807) is 11.9 Å². The maximum absolute atomic E-state index is 12.3. The molecular formula is C12H23N5OS. The second-order valence-corrected chi connectivity index (χ2v) is 5.19. The summed E-state index contributed by atoms with van der Waals surface area (Å²) < 4.78 is 0. The van der Waals surface area contributed by atoms with E-state index >= 15 is 0 Å². The molecule has 1 heterocycles. The van der Waals surface area contributed by atoms with Gasteiger partial charge in [-0.25, -0.2) is 4.98 Å². The van der Waals surface area contributed by atoms with Gasteiger partial charge in [-0.1, -0.05) is 11.3 Å². The van der Waals surface area contributed by atoms with Crippen LogP contribution in [0.15, 0.2) is 0 Å². The van der Waals surface area contributed by atoms with Crippen LogP contribution in [0.3, 0.4) is 0 Å². The van der Waals surface area contributed by atoms with E-state index in [9.17, 15) is 4.79 Å². The number of nitrogen functional groups attached to an aromatic ring is 1. The highest BCUT2D eigenvalue weighted by atomic mass is 32.1. The Bertz CT molecular complexity index is 416. The summed E-state index contributed by atoms with van der Waals surface area (Å²) in [5.74, 6) is 0.261. The molecule has 1 aromatic heterocycles. The lowest BCUT2D eigenvalue weighted by molar-refractivity contribution is 0.0802. The third-order valence-electron chi connectivity index (χ3n) is 2.91. The first-order chi connectivity index (χ1) is 9.04. The minimum absolute atomic E-state index is 0.0661. The topological polar surface area (TPSA) is 74.5 Å². The zero-order valence-corrected chi connectivity index (χ0v) is 12.9. The summed E-state index contributed by atoms with van der Waals surface area (Å²) in [5, 5.41) is 3.83. The number of anilines is 2. The standard InChI is InChI=1S/C12H23N5OS/c1-5-17(6-2)12-15-10(13)9(19-12)11(18)16(4)8-7-14-3/h14H,5-8,13H2,1-4H3. The third kappa shape index (κ3) is 3.81. The van der Waals surface area contributed by atoms with Gasteiger partial charge in [-0.15, -0.1) is 0 Å². The van der Waals surface area contributed by atoms with Crippen LogP contribution in [0.2, 0.25) is 0 Å². The van der Waals surface area contributed by atoms with E-state index in [0.29, 0.717) is 17.2 Å². The molecule has 0 saturated carbocycles. The van der Waals surface area contributed by atoms with Crippen molar-refractivity contribution >= 4 is 28.2 Å². The Hall–Kier alpha value is -1.34. The highest BCUT2D eigenvalue weighted by Gasteiger charge is 2.21. The molecule has 0 spiro atoms. The Morgan fingerprint density at radius 2 is 2.05 bits per heavy atom. The number of nitrogens with two attached hydrogens (primary N) is 1. The van der Waals surface area contributed by atoms with Crippen molar-refractivity contribution in [3.63, 3.8) is 0 Å². The van der Waals surface area contributed by atoms with Gasteiger partial charge in [-0.05, 0) is 20.9 Å². The highest BCUT2D eigenvalue weighted by Crippen LogP contribution is 2.28. The van der Waals surface area contributed by atoms with Crippen LogP contribution < -0.4 is 16.0 Å². The van der Waals surface area contributed by atoms with Gasteiger partial charge in [0.1, 0.15) is 10.7 Å². The average Bonchev–Trinajstić information content (AvgIpc) is 2.78. The second kappa shape index (κ2) is 7.30. The van der Waals surface area contributed by atoms with Gasteiger partial charge >= 0.3 is 0 Å². The van der Waals surface area contributed by atoms with Crippen molar-refractivity contribution in [2.45, 2.75) is 13.8 Å². The molecule has 7 heteroatoms. The normalized spacial score (nSPS) is 10.5. The number of hydrogen-bond donors (Lipinski definition) is 2. The van der Waals surface area contributed by atoms with Gasteiger partial charge in [0.15, 0.2) is 5.13 Å². The molecule has 0 saturated heterocycles. The van der Waals surface area contributed by atoms with E-state index < -0.39 is 0 Å². The molecule has 6 nitrogen and oxygen atoms in total. The van der Waals surface area contributed by atoms with Gasteiger partial charge in [0.25, 0.3) is 5.91 Å². The number of thiazole rings is 1. The molecule has 3 N–H and O–H groups in total. The number of amides is 1. The second-order valence-electron chi connectivity index (χ2n) is 4.21. The first-order valence-corrected chi connectivity index (χ1v) is 7.28. The lowest BCUT2D eigenvalue weighted by Gasteiger charge is -2.17. The molecule has 0 unspecified atom stereocenters. The van der Waals surface area contributed by atoms with Crippen LogP contribution in [-0.2, 0) is 0 Å². The summed E-state index contributed by atoms with van der Waals surface area (Å²) in [5.41, 5.74) is 5.87. The number of aromatic nitrogens is 1. The van der Waals surface area contributed by atoms with Crippen LogP contribution in [0.1, 0.15) is 23.5 Å². The van der Waals surface area contributed by atoms with Crippen LogP contribution in [0.5, 0.6) is 0 Å². The van der Waals surface area contributed by atoms with E-state index in [2.05, 4.69) is 29.0 Å². The van der Waals surface area contributed by atoms with E-state index in [1.165, 1.54) is 11.3 Å². The first kappa shape index (κ1) is 15.7. The Morgan fingerprint density at radius 3 is 2.58 bits per heavy atom. The molecule has 1 rings (SSSR count). The predicted octanol–water partition coefficient (Wildman–Crippen LogP) is 0.863. The maximum atomic E-state index is 12.3. The largest absolute Gasteiger partial charge is 0.382 e. The smallest absolute Gasteiger partial charge is 0.267 e. The summed E-state index contributed by atoms with van der Waals surface area (Å²) in [6.45, 7) is 7.22. The number of carbonyl (C=O) groups excluding carboxylic acids is 1. The summed E-state index contributed by atoms with van der Waals surface area (Å²) in [4.78, 5) is 20.8. The monoisotopic (exact) mass is 285 g/mol. The molecule has 0 aliphatic heterocycles. The fraction of sp³-hybridized carbons (Fsp3) is 0.667. The molecule has 0 radical (unpaired) electrons. The third-order valence-corrected chi connectivity index (χ3v) is 4.03. The Morgan fingerprint density at radius 1 is 1.42 bits per heavy atom. The average molecular weight is 285 g/mol. The molecular weight excluding hydrogens is 262 g/mol. The number of nitrogens with one attached hydrogen (secondary N) is 1. The van der Waals surface area contributed by atoms with Gasteiger partial charge in [0.2, 0.25) is 0 Å². The maximum Gasteiger partial charge on any atom is 0.267 e.